The van der Waals surface area contributed by atoms with Gasteiger partial charge in [0.2, 0.25) is 0 Å². The van der Waals surface area contributed by atoms with E-state index in [1.807, 2.05) is 12.4 Å². The molecule has 132 valence electrons. The molecule has 27 heavy (non-hydrogen) atoms. The molecular weight excluding hydrogens is 330 g/mol. The molecule has 0 saturated heterocycles. The summed E-state index contributed by atoms with van der Waals surface area (Å²) in [4.78, 5) is 4.56. The normalized spacial score (nSPS) is 11.7. The lowest BCUT2D eigenvalue weighted by Gasteiger charge is -2.12. The Balaban J connectivity index is 1.68. The molecule has 0 saturated carbocycles. The predicted octanol–water partition coefficient (Wildman–Crippen LogP) is 6.23. The Labute approximate surface area is 158 Å². The zero-order valence-electron chi connectivity index (χ0n) is 15.5. The fourth-order valence-electron chi connectivity index (χ4n) is 3.91. The molecule has 0 bridgehead atoms. The minimum Gasteiger partial charge on any atom is -0.328 e. The van der Waals surface area contributed by atoms with Gasteiger partial charge in [0.1, 0.15) is 5.82 Å². The third-order valence-electron chi connectivity index (χ3n) is 5.19. The Bertz CT molecular complexity index is 1190. The molecule has 2 aromatic heterocycles. The van der Waals surface area contributed by atoms with Crippen LogP contribution in [0.4, 0.5) is 0 Å². The Morgan fingerprint density at radius 3 is 1.93 bits per heavy atom. The number of para-hydroxylation sites is 2. The van der Waals surface area contributed by atoms with E-state index in [0.29, 0.717) is 6.04 Å². The Kier molecular flexibility index (Phi) is 3.61. The Morgan fingerprint density at radius 1 is 0.741 bits per heavy atom. The molecule has 2 heterocycles. The summed E-state index contributed by atoms with van der Waals surface area (Å²) >= 11 is 0. The van der Waals surface area contributed by atoms with Crippen molar-refractivity contribution >= 4 is 21.8 Å². The van der Waals surface area contributed by atoms with Gasteiger partial charge >= 0.3 is 0 Å². The standard InChI is InChI=1S/C24H21N3/c1-17(2)26-16-15-25-24(26)18-11-13-19(14-12-18)27-22-9-5-3-7-20(22)21-8-4-6-10-23(21)27/h3-17H,1-2H3. The molecule has 0 amide bonds. The molecule has 0 radical (unpaired) electrons. The van der Waals surface area contributed by atoms with Crippen molar-refractivity contribution in [1.29, 1.82) is 0 Å². The van der Waals surface area contributed by atoms with Gasteiger partial charge in [0, 0.05) is 40.5 Å². The van der Waals surface area contributed by atoms with E-state index in [4.69, 9.17) is 0 Å². The van der Waals surface area contributed by atoms with Crippen LogP contribution < -0.4 is 0 Å². The molecule has 3 nitrogen and oxygen atoms in total. The zero-order valence-corrected chi connectivity index (χ0v) is 15.5. The minimum atomic E-state index is 0.388. The van der Waals surface area contributed by atoms with Crippen LogP contribution in [-0.4, -0.2) is 14.1 Å². The maximum atomic E-state index is 4.56. The van der Waals surface area contributed by atoms with Crippen molar-refractivity contribution in [1.82, 2.24) is 14.1 Å². The third-order valence-corrected chi connectivity index (χ3v) is 5.19. The van der Waals surface area contributed by atoms with Crippen molar-refractivity contribution in [3.8, 4) is 17.1 Å². The summed E-state index contributed by atoms with van der Waals surface area (Å²) in [5.41, 5.74) is 4.77. The summed E-state index contributed by atoms with van der Waals surface area (Å²) in [6.07, 6.45) is 3.91. The molecule has 0 atom stereocenters. The van der Waals surface area contributed by atoms with Gasteiger partial charge in [-0.15, -0.1) is 0 Å². The zero-order chi connectivity index (χ0) is 18.4. The average molecular weight is 351 g/mol. The minimum absolute atomic E-state index is 0.388. The first kappa shape index (κ1) is 15.9. The van der Waals surface area contributed by atoms with E-state index >= 15 is 0 Å². The molecule has 0 N–H and O–H groups in total. The van der Waals surface area contributed by atoms with E-state index in [1.54, 1.807) is 0 Å². The third kappa shape index (κ3) is 2.47. The quantitative estimate of drug-likeness (QED) is 0.378. The largest absolute Gasteiger partial charge is 0.328 e. The molecule has 5 aromatic rings. The number of hydrogen-bond donors (Lipinski definition) is 0. The fraction of sp³-hybridized carbons (Fsp3) is 0.125. The molecule has 0 aliphatic rings. The number of aromatic nitrogens is 3. The van der Waals surface area contributed by atoms with Gasteiger partial charge in [-0.05, 0) is 50.2 Å². The van der Waals surface area contributed by atoms with E-state index in [1.165, 1.54) is 27.5 Å². The van der Waals surface area contributed by atoms with Crippen LogP contribution in [0.1, 0.15) is 19.9 Å². The van der Waals surface area contributed by atoms with Crippen LogP contribution in [0.25, 0.3) is 38.9 Å². The second-order valence-electron chi connectivity index (χ2n) is 7.17. The van der Waals surface area contributed by atoms with Gasteiger partial charge in [-0.3, -0.25) is 0 Å². The van der Waals surface area contributed by atoms with Crippen molar-refractivity contribution in [2.45, 2.75) is 19.9 Å². The van der Waals surface area contributed by atoms with Crippen LogP contribution in [0, 0.1) is 0 Å². The van der Waals surface area contributed by atoms with Gasteiger partial charge in [0.25, 0.3) is 0 Å². The first-order chi connectivity index (χ1) is 13.2. The van der Waals surface area contributed by atoms with Gasteiger partial charge in [-0.25, -0.2) is 4.98 Å². The SMILES string of the molecule is CC(C)n1ccnc1-c1ccc(-n2c3ccccc3c3ccccc32)cc1. The molecule has 0 aliphatic carbocycles. The van der Waals surface area contributed by atoms with Gasteiger partial charge in [-0.2, -0.15) is 0 Å². The number of hydrogen-bond acceptors (Lipinski definition) is 1. The smallest absolute Gasteiger partial charge is 0.140 e. The highest BCUT2D eigenvalue weighted by atomic mass is 15.1. The van der Waals surface area contributed by atoms with Crippen LogP contribution in [0.15, 0.2) is 85.2 Å². The van der Waals surface area contributed by atoms with Crippen LogP contribution in [0.3, 0.4) is 0 Å². The summed E-state index contributed by atoms with van der Waals surface area (Å²) in [5, 5.41) is 2.57. The lowest BCUT2D eigenvalue weighted by atomic mass is 10.1. The lowest BCUT2D eigenvalue weighted by Crippen LogP contribution is -2.02. The molecule has 3 aromatic carbocycles. The number of rotatable bonds is 3. The number of fused-ring (bicyclic) bond motifs is 3. The van der Waals surface area contributed by atoms with E-state index in [2.05, 4.69) is 101 Å². The second kappa shape index (κ2) is 6.13. The van der Waals surface area contributed by atoms with Gasteiger partial charge in [0.15, 0.2) is 0 Å². The Hall–Kier alpha value is -3.33. The van der Waals surface area contributed by atoms with Crippen molar-refractivity contribution < 1.29 is 0 Å². The maximum absolute atomic E-state index is 4.56. The number of imidazole rings is 1. The van der Waals surface area contributed by atoms with Crippen molar-refractivity contribution in [2.24, 2.45) is 0 Å². The highest BCUT2D eigenvalue weighted by molar-refractivity contribution is 6.09. The van der Waals surface area contributed by atoms with Crippen LogP contribution in [0.5, 0.6) is 0 Å². The monoisotopic (exact) mass is 351 g/mol. The lowest BCUT2D eigenvalue weighted by molar-refractivity contribution is 0.606. The van der Waals surface area contributed by atoms with E-state index in [0.717, 1.165) is 11.4 Å². The summed E-state index contributed by atoms with van der Waals surface area (Å²) in [5.74, 6) is 1.01. The van der Waals surface area contributed by atoms with Gasteiger partial charge < -0.3 is 9.13 Å². The van der Waals surface area contributed by atoms with Crippen LogP contribution >= 0.6 is 0 Å². The molecular formula is C24H21N3. The molecule has 5 rings (SSSR count). The van der Waals surface area contributed by atoms with Gasteiger partial charge in [-0.1, -0.05) is 36.4 Å². The van der Waals surface area contributed by atoms with E-state index in [-0.39, 0.29) is 0 Å². The summed E-state index contributed by atoms with van der Waals surface area (Å²) < 4.78 is 4.54. The maximum Gasteiger partial charge on any atom is 0.140 e. The first-order valence-corrected chi connectivity index (χ1v) is 9.36. The first-order valence-electron chi connectivity index (χ1n) is 9.36. The summed E-state index contributed by atoms with van der Waals surface area (Å²) in [7, 11) is 0. The molecule has 0 fully saturated rings. The second-order valence-corrected chi connectivity index (χ2v) is 7.17. The van der Waals surface area contributed by atoms with Gasteiger partial charge in [0.05, 0.1) is 11.0 Å². The fourth-order valence-corrected chi connectivity index (χ4v) is 3.91. The van der Waals surface area contributed by atoms with Crippen molar-refractivity contribution in [2.75, 3.05) is 0 Å². The Morgan fingerprint density at radius 2 is 1.33 bits per heavy atom. The highest BCUT2D eigenvalue weighted by Gasteiger charge is 2.12. The van der Waals surface area contributed by atoms with E-state index in [9.17, 15) is 0 Å². The average Bonchev–Trinajstić information content (AvgIpc) is 3.31. The van der Waals surface area contributed by atoms with Crippen molar-refractivity contribution in [3.63, 3.8) is 0 Å². The predicted molar refractivity (Wildman–Crippen MR) is 112 cm³/mol. The van der Waals surface area contributed by atoms with Crippen LogP contribution in [-0.2, 0) is 0 Å². The molecule has 3 heteroatoms. The van der Waals surface area contributed by atoms with Crippen molar-refractivity contribution in [3.05, 3.63) is 85.2 Å². The van der Waals surface area contributed by atoms with E-state index < -0.39 is 0 Å². The molecule has 0 aliphatic heterocycles. The number of nitrogens with zero attached hydrogens (tertiary/aromatic N) is 3. The summed E-state index contributed by atoms with van der Waals surface area (Å²) in [6.45, 7) is 4.36. The molecule has 0 spiro atoms. The number of benzene rings is 3. The highest BCUT2D eigenvalue weighted by Crippen LogP contribution is 2.32. The topological polar surface area (TPSA) is 22.8 Å². The van der Waals surface area contributed by atoms with Crippen LogP contribution in [0.2, 0.25) is 0 Å². The summed E-state index contributed by atoms with van der Waals surface area (Å²) in [6, 6.07) is 26.3. The molecule has 0 unspecified atom stereocenters.